The number of aromatic nitrogens is 1. The van der Waals surface area contributed by atoms with Gasteiger partial charge < -0.3 is 10.2 Å². The average molecular weight is 289 g/mol. The van der Waals surface area contributed by atoms with Crippen LogP contribution in [0.25, 0.3) is 0 Å². The van der Waals surface area contributed by atoms with Crippen molar-refractivity contribution in [3.8, 4) is 0 Å². The Labute approximate surface area is 127 Å². The third kappa shape index (κ3) is 3.74. The zero-order valence-electron chi connectivity index (χ0n) is 13.6. The fourth-order valence-electron chi connectivity index (χ4n) is 2.78. The van der Waals surface area contributed by atoms with Crippen LogP contribution in [-0.2, 0) is 0 Å². The lowest BCUT2D eigenvalue weighted by atomic mass is 10.1. The van der Waals surface area contributed by atoms with E-state index in [4.69, 9.17) is 0 Å². The first kappa shape index (κ1) is 15.8. The monoisotopic (exact) mass is 289 g/mol. The van der Waals surface area contributed by atoms with Gasteiger partial charge in [0, 0.05) is 30.9 Å². The third-order valence-electron chi connectivity index (χ3n) is 4.19. The van der Waals surface area contributed by atoms with Crippen molar-refractivity contribution < 1.29 is 4.79 Å². The van der Waals surface area contributed by atoms with Gasteiger partial charge in [-0.05, 0) is 37.3 Å². The van der Waals surface area contributed by atoms with E-state index in [9.17, 15) is 4.79 Å². The van der Waals surface area contributed by atoms with Crippen molar-refractivity contribution >= 4 is 11.7 Å². The molecule has 0 aliphatic carbocycles. The highest BCUT2D eigenvalue weighted by Crippen LogP contribution is 2.23. The summed E-state index contributed by atoms with van der Waals surface area (Å²) >= 11 is 0. The van der Waals surface area contributed by atoms with E-state index in [1.165, 1.54) is 0 Å². The van der Waals surface area contributed by atoms with Crippen molar-refractivity contribution in [2.24, 2.45) is 5.92 Å². The molecule has 2 rings (SSSR count). The molecule has 1 aromatic rings. The molecule has 1 aliphatic rings. The van der Waals surface area contributed by atoms with E-state index in [2.05, 4.69) is 31.1 Å². The second kappa shape index (κ2) is 6.92. The fourth-order valence-corrected chi connectivity index (χ4v) is 2.78. The quantitative estimate of drug-likeness (QED) is 0.902. The number of pyridine rings is 1. The van der Waals surface area contributed by atoms with Gasteiger partial charge in [0.2, 0.25) is 0 Å². The van der Waals surface area contributed by atoms with Crippen LogP contribution in [0.4, 0.5) is 5.82 Å². The number of carbonyl (C=O) groups is 1. The molecule has 0 aromatic carbocycles. The minimum atomic E-state index is 0.148. The minimum absolute atomic E-state index is 0.148. The van der Waals surface area contributed by atoms with Gasteiger partial charge in [-0.2, -0.15) is 0 Å². The van der Waals surface area contributed by atoms with Crippen molar-refractivity contribution in [3.05, 3.63) is 23.4 Å². The third-order valence-corrected chi connectivity index (χ3v) is 4.19. The van der Waals surface area contributed by atoms with Gasteiger partial charge in [0.05, 0.1) is 0 Å². The van der Waals surface area contributed by atoms with E-state index < -0.39 is 0 Å². The summed E-state index contributed by atoms with van der Waals surface area (Å²) in [6.45, 7) is 11.0. The first-order valence-corrected chi connectivity index (χ1v) is 8.10. The summed E-state index contributed by atoms with van der Waals surface area (Å²) in [6.07, 6.45) is 2.28. The predicted octanol–water partition coefficient (Wildman–Crippen LogP) is 3.51. The lowest BCUT2D eigenvalue weighted by Gasteiger charge is -2.18. The Bertz CT molecular complexity index is 499. The number of rotatable bonds is 5. The Kier molecular flexibility index (Phi) is 5.21. The number of carbonyl (C=O) groups excluding carboxylic acids is 1. The van der Waals surface area contributed by atoms with Crippen LogP contribution >= 0.6 is 0 Å². The van der Waals surface area contributed by atoms with Crippen LogP contribution in [0.2, 0.25) is 0 Å². The number of nitrogens with one attached hydrogen (secondary N) is 1. The van der Waals surface area contributed by atoms with Crippen LogP contribution in [0.3, 0.4) is 0 Å². The van der Waals surface area contributed by atoms with Crippen LogP contribution < -0.4 is 5.32 Å². The summed E-state index contributed by atoms with van der Waals surface area (Å²) < 4.78 is 0. The number of anilines is 1. The van der Waals surface area contributed by atoms with Gasteiger partial charge >= 0.3 is 0 Å². The Morgan fingerprint density at radius 1 is 1.43 bits per heavy atom. The molecule has 1 saturated heterocycles. The van der Waals surface area contributed by atoms with Gasteiger partial charge in [0.25, 0.3) is 5.91 Å². The van der Waals surface area contributed by atoms with Gasteiger partial charge in [0.15, 0.2) is 0 Å². The Hall–Kier alpha value is -1.58. The molecule has 4 nitrogen and oxygen atoms in total. The highest BCUT2D eigenvalue weighted by Gasteiger charge is 2.26. The summed E-state index contributed by atoms with van der Waals surface area (Å²) in [6, 6.07) is 3.84. The summed E-state index contributed by atoms with van der Waals surface area (Å²) in [5.41, 5.74) is 1.74. The second-order valence-corrected chi connectivity index (χ2v) is 6.17. The highest BCUT2D eigenvalue weighted by atomic mass is 16.2. The molecule has 116 valence electrons. The lowest BCUT2D eigenvalue weighted by molar-refractivity contribution is 0.0786. The van der Waals surface area contributed by atoms with Crippen molar-refractivity contribution in [1.29, 1.82) is 0 Å². The van der Waals surface area contributed by atoms with Gasteiger partial charge in [-0.15, -0.1) is 0 Å². The van der Waals surface area contributed by atoms with Crippen LogP contribution in [0, 0.1) is 5.92 Å². The summed E-state index contributed by atoms with van der Waals surface area (Å²) in [4.78, 5) is 19.3. The Balaban J connectivity index is 2.23. The van der Waals surface area contributed by atoms with E-state index >= 15 is 0 Å². The fraction of sp³-hybridized carbons (Fsp3) is 0.647. The Morgan fingerprint density at radius 2 is 2.19 bits per heavy atom. The SMILES string of the molecule is CCNc1cc(C(=O)N2CCC(CC)C2)cc(C(C)C)n1. The molecule has 4 heteroatoms. The standard InChI is InChI=1S/C17H27N3O/c1-5-13-7-8-20(11-13)17(21)14-9-15(12(3)4)19-16(10-14)18-6-2/h9-10,12-13H,5-8,11H2,1-4H3,(H,18,19). The van der Waals surface area contributed by atoms with Crippen LogP contribution in [0.1, 0.15) is 62.5 Å². The second-order valence-electron chi connectivity index (χ2n) is 6.17. The number of nitrogens with zero attached hydrogens (tertiary/aromatic N) is 2. The molecule has 1 aromatic heterocycles. The Morgan fingerprint density at radius 3 is 2.76 bits per heavy atom. The molecule has 2 heterocycles. The van der Waals surface area contributed by atoms with E-state index in [1.54, 1.807) is 0 Å². The molecule has 1 N–H and O–H groups in total. The molecule has 0 bridgehead atoms. The number of hydrogen-bond donors (Lipinski definition) is 1. The maximum atomic E-state index is 12.7. The zero-order chi connectivity index (χ0) is 15.4. The maximum absolute atomic E-state index is 12.7. The normalized spacial score (nSPS) is 18.3. The molecule has 1 amide bonds. The van der Waals surface area contributed by atoms with Crippen molar-refractivity contribution in [3.63, 3.8) is 0 Å². The van der Waals surface area contributed by atoms with E-state index in [0.717, 1.165) is 49.6 Å². The number of hydrogen-bond acceptors (Lipinski definition) is 3. The van der Waals surface area contributed by atoms with Crippen LogP contribution in [-0.4, -0.2) is 35.4 Å². The first-order valence-electron chi connectivity index (χ1n) is 8.10. The van der Waals surface area contributed by atoms with Crippen LogP contribution in [0.15, 0.2) is 12.1 Å². The number of amides is 1. The van der Waals surface area contributed by atoms with Crippen molar-refractivity contribution in [2.45, 2.75) is 46.5 Å². The topological polar surface area (TPSA) is 45.2 Å². The summed E-state index contributed by atoms with van der Waals surface area (Å²) in [5.74, 6) is 1.93. The highest BCUT2D eigenvalue weighted by molar-refractivity contribution is 5.95. The molecule has 0 saturated carbocycles. The zero-order valence-corrected chi connectivity index (χ0v) is 13.6. The van der Waals surface area contributed by atoms with Crippen molar-refractivity contribution in [2.75, 3.05) is 25.0 Å². The molecule has 1 unspecified atom stereocenters. The van der Waals surface area contributed by atoms with E-state index in [-0.39, 0.29) is 5.91 Å². The molecule has 1 atom stereocenters. The molecular formula is C17H27N3O. The predicted molar refractivity (Wildman–Crippen MR) is 86.8 cm³/mol. The molecular weight excluding hydrogens is 262 g/mol. The van der Waals surface area contributed by atoms with E-state index in [0.29, 0.717) is 11.8 Å². The molecule has 21 heavy (non-hydrogen) atoms. The van der Waals surface area contributed by atoms with Crippen LogP contribution in [0.5, 0.6) is 0 Å². The van der Waals surface area contributed by atoms with Gasteiger partial charge in [-0.25, -0.2) is 4.98 Å². The van der Waals surface area contributed by atoms with Gasteiger partial charge in [-0.1, -0.05) is 27.2 Å². The van der Waals surface area contributed by atoms with E-state index in [1.807, 2.05) is 24.0 Å². The van der Waals surface area contributed by atoms with Gasteiger partial charge in [-0.3, -0.25) is 4.79 Å². The largest absolute Gasteiger partial charge is 0.370 e. The van der Waals surface area contributed by atoms with Gasteiger partial charge in [0.1, 0.15) is 5.82 Å². The first-order chi connectivity index (χ1) is 10.0. The number of likely N-dealkylation sites (tertiary alicyclic amines) is 1. The summed E-state index contributed by atoms with van der Waals surface area (Å²) in [5, 5.41) is 3.23. The minimum Gasteiger partial charge on any atom is -0.370 e. The van der Waals surface area contributed by atoms with Crippen molar-refractivity contribution in [1.82, 2.24) is 9.88 Å². The molecule has 1 aliphatic heterocycles. The maximum Gasteiger partial charge on any atom is 0.254 e. The molecule has 0 spiro atoms. The molecule has 0 radical (unpaired) electrons. The summed E-state index contributed by atoms with van der Waals surface area (Å²) in [7, 11) is 0. The molecule has 1 fully saturated rings. The average Bonchev–Trinajstić information content (AvgIpc) is 2.95. The smallest absolute Gasteiger partial charge is 0.254 e. The lowest BCUT2D eigenvalue weighted by Crippen LogP contribution is -2.29.